The molecule has 3 aromatic carbocycles. The SMILES string of the molecule is CS(=O)(=O)c1ccc(S(=O)(=O)N2CC3(CCN(C(=O)OCc4ccccc4)CC3)c3ccccc32)cc1. The first kappa shape index (κ1) is 25.3. The van der Waals surface area contributed by atoms with E-state index in [9.17, 15) is 21.6 Å². The van der Waals surface area contributed by atoms with Crippen molar-refractivity contribution in [2.45, 2.75) is 34.7 Å². The van der Waals surface area contributed by atoms with Gasteiger partial charge in [-0.2, -0.15) is 0 Å². The number of carbonyl (C=O) groups is 1. The molecule has 1 amide bonds. The Kier molecular flexibility index (Phi) is 6.49. The summed E-state index contributed by atoms with van der Waals surface area (Å²) in [5, 5.41) is 0. The van der Waals surface area contributed by atoms with Crippen LogP contribution in [0.2, 0.25) is 0 Å². The predicted octanol–water partition coefficient (Wildman–Crippen LogP) is 3.97. The normalized spacial score (nSPS) is 17.0. The summed E-state index contributed by atoms with van der Waals surface area (Å²) < 4.78 is 57.9. The number of piperidine rings is 1. The van der Waals surface area contributed by atoms with E-state index < -0.39 is 25.3 Å². The van der Waals surface area contributed by atoms with Gasteiger partial charge < -0.3 is 9.64 Å². The number of amides is 1. The minimum atomic E-state index is -3.93. The maximum Gasteiger partial charge on any atom is 0.410 e. The number of nitrogens with zero attached hydrogens (tertiary/aromatic N) is 2. The summed E-state index contributed by atoms with van der Waals surface area (Å²) in [6.45, 7) is 1.38. The summed E-state index contributed by atoms with van der Waals surface area (Å²) in [5.74, 6) is 0. The number of ether oxygens (including phenoxy) is 1. The third kappa shape index (κ3) is 4.83. The van der Waals surface area contributed by atoms with E-state index in [0.29, 0.717) is 31.6 Å². The van der Waals surface area contributed by atoms with Crippen molar-refractivity contribution < 1.29 is 26.4 Å². The number of carbonyl (C=O) groups excluding carboxylic acids is 1. The summed E-state index contributed by atoms with van der Waals surface area (Å²) in [7, 11) is -7.36. The molecule has 8 nitrogen and oxygen atoms in total. The number of hydrogen-bond donors (Lipinski definition) is 0. The van der Waals surface area contributed by atoms with Crippen LogP contribution in [-0.2, 0) is 36.6 Å². The van der Waals surface area contributed by atoms with Gasteiger partial charge in [0.25, 0.3) is 10.0 Å². The smallest absolute Gasteiger partial charge is 0.410 e. The standard InChI is InChI=1S/C27H28N2O6S2/c1-36(31,32)22-11-13-23(14-12-22)37(33,34)29-20-27(24-9-5-6-10-25(24)29)15-17-28(18-16-27)26(30)35-19-21-7-3-2-4-8-21/h2-14H,15-20H2,1H3. The topological polar surface area (TPSA) is 101 Å². The Hall–Kier alpha value is -3.37. The lowest BCUT2D eigenvalue weighted by atomic mass is 9.74. The number of benzene rings is 3. The van der Waals surface area contributed by atoms with Gasteiger partial charge in [0.1, 0.15) is 6.61 Å². The number of sulfone groups is 1. The average molecular weight is 541 g/mol. The molecule has 0 bridgehead atoms. The van der Waals surface area contributed by atoms with E-state index in [0.717, 1.165) is 17.4 Å². The second-order valence-corrected chi connectivity index (χ2v) is 13.5. The number of sulfonamides is 1. The van der Waals surface area contributed by atoms with Crippen LogP contribution >= 0.6 is 0 Å². The van der Waals surface area contributed by atoms with Gasteiger partial charge in [-0.1, -0.05) is 48.5 Å². The van der Waals surface area contributed by atoms with Crippen molar-refractivity contribution in [3.05, 3.63) is 90.0 Å². The number of fused-ring (bicyclic) bond motifs is 2. The zero-order valence-electron chi connectivity index (χ0n) is 20.4. The van der Waals surface area contributed by atoms with E-state index in [1.807, 2.05) is 48.5 Å². The Morgan fingerprint density at radius 2 is 1.43 bits per heavy atom. The molecule has 194 valence electrons. The highest BCUT2D eigenvalue weighted by molar-refractivity contribution is 7.93. The molecule has 37 heavy (non-hydrogen) atoms. The van der Waals surface area contributed by atoms with E-state index in [4.69, 9.17) is 4.74 Å². The van der Waals surface area contributed by atoms with Gasteiger partial charge >= 0.3 is 6.09 Å². The van der Waals surface area contributed by atoms with Gasteiger partial charge in [0.2, 0.25) is 0 Å². The van der Waals surface area contributed by atoms with Crippen molar-refractivity contribution in [3.8, 4) is 0 Å². The lowest BCUT2D eigenvalue weighted by Crippen LogP contribution is -2.47. The Balaban J connectivity index is 1.34. The lowest BCUT2D eigenvalue weighted by Gasteiger charge is -2.39. The molecule has 0 radical (unpaired) electrons. The van der Waals surface area contributed by atoms with Crippen LogP contribution in [0, 0.1) is 0 Å². The van der Waals surface area contributed by atoms with E-state index in [1.165, 1.54) is 28.6 Å². The molecule has 0 unspecified atom stereocenters. The van der Waals surface area contributed by atoms with Crippen LogP contribution < -0.4 is 4.31 Å². The first-order valence-electron chi connectivity index (χ1n) is 12.0. The Labute approximate surface area is 217 Å². The molecule has 1 fully saturated rings. The fourth-order valence-corrected chi connectivity index (χ4v) is 7.34. The number of anilines is 1. The first-order valence-corrected chi connectivity index (χ1v) is 15.3. The molecule has 0 saturated carbocycles. The second kappa shape index (κ2) is 9.50. The van der Waals surface area contributed by atoms with Crippen LogP contribution in [0.5, 0.6) is 0 Å². The van der Waals surface area contributed by atoms with Gasteiger partial charge in [-0.05, 0) is 54.3 Å². The Morgan fingerprint density at radius 3 is 2.08 bits per heavy atom. The largest absolute Gasteiger partial charge is 0.445 e. The maximum absolute atomic E-state index is 13.7. The summed E-state index contributed by atoms with van der Waals surface area (Å²) in [5.41, 5.74) is 2.06. The van der Waals surface area contributed by atoms with Crippen LogP contribution in [0.15, 0.2) is 88.7 Å². The molecule has 5 rings (SSSR count). The zero-order chi connectivity index (χ0) is 26.3. The average Bonchev–Trinajstić information content (AvgIpc) is 3.22. The monoisotopic (exact) mass is 540 g/mol. The summed E-state index contributed by atoms with van der Waals surface area (Å²) in [4.78, 5) is 14.5. The van der Waals surface area contributed by atoms with Crippen molar-refractivity contribution in [2.75, 3.05) is 30.2 Å². The highest BCUT2D eigenvalue weighted by Crippen LogP contribution is 2.48. The van der Waals surface area contributed by atoms with E-state index in [-0.39, 0.29) is 29.0 Å². The molecular weight excluding hydrogens is 512 g/mol. The summed E-state index contributed by atoms with van der Waals surface area (Å²) >= 11 is 0. The summed E-state index contributed by atoms with van der Waals surface area (Å²) in [6.07, 6.45) is 1.91. The van der Waals surface area contributed by atoms with Gasteiger partial charge in [-0.15, -0.1) is 0 Å². The first-order chi connectivity index (χ1) is 17.6. The van der Waals surface area contributed by atoms with E-state index in [2.05, 4.69) is 0 Å². The number of hydrogen-bond acceptors (Lipinski definition) is 6. The van der Waals surface area contributed by atoms with Crippen LogP contribution in [0.25, 0.3) is 0 Å². The highest BCUT2D eigenvalue weighted by atomic mass is 32.2. The molecular formula is C27H28N2O6S2. The predicted molar refractivity (Wildman–Crippen MR) is 140 cm³/mol. The van der Waals surface area contributed by atoms with Gasteiger partial charge in [0.15, 0.2) is 9.84 Å². The molecule has 10 heteroatoms. The zero-order valence-corrected chi connectivity index (χ0v) is 22.0. The molecule has 3 aromatic rings. The van der Waals surface area contributed by atoms with E-state index >= 15 is 0 Å². The minimum absolute atomic E-state index is 0.0358. The van der Waals surface area contributed by atoms with Crippen LogP contribution in [0.4, 0.5) is 10.5 Å². The van der Waals surface area contributed by atoms with Crippen molar-refractivity contribution in [1.82, 2.24) is 4.90 Å². The van der Waals surface area contributed by atoms with Gasteiger partial charge in [-0.3, -0.25) is 4.31 Å². The maximum atomic E-state index is 13.7. The van der Waals surface area contributed by atoms with Crippen molar-refractivity contribution >= 4 is 31.6 Å². The molecule has 0 aromatic heterocycles. The van der Waals surface area contributed by atoms with Gasteiger partial charge in [-0.25, -0.2) is 21.6 Å². The molecule has 1 saturated heterocycles. The molecule has 1 spiro atoms. The van der Waals surface area contributed by atoms with Crippen molar-refractivity contribution in [2.24, 2.45) is 0 Å². The van der Waals surface area contributed by atoms with Crippen molar-refractivity contribution in [3.63, 3.8) is 0 Å². The third-order valence-electron chi connectivity index (χ3n) is 7.21. The quantitative estimate of drug-likeness (QED) is 0.486. The molecule has 0 aliphatic carbocycles. The Bertz CT molecular complexity index is 1510. The molecule has 0 atom stereocenters. The fourth-order valence-electron chi connectivity index (χ4n) is 5.14. The molecule has 2 aliphatic heterocycles. The number of likely N-dealkylation sites (tertiary alicyclic amines) is 1. The number of rotatable bonds is 5. The fraction of sp³-hybridized carbons (Fsp3) is 0.296. The lowest BCUT2D eigenvalue weighted by molar-refractivity contribution is 0.0791. The minimum Gasteiger partial charge on any atom is -0.445 e. The van der Waals surface area contributed by atoms with Crippen LogP contribution in [0.1, 0.15) is 24.0 Å². The summed E-state index contributed by atoms with van der Waals surface area (Å²) in [6, 6.07) is 22.3. The third-order valence-corrected chi connectivity index (χ3v) is 10.1. The van der Waals surface area contributed by atoms with Crippen LogP contribution in [-0.4, -0.2) is 53.7 Å². The Morgan fingerprint density at radius 1 is 0.838 bits per heavy atom. The number of para-hydroxylation sites is 1. The molecule has 2 aliphatic rings. The molecule has 0 N–H and O–H groups in total. The van der Waals surface area contributed by atoms with Gasteiger partial charge in [0, 0.05) is 31.3 Å². The van der Waals surface area contributed by atoms with Crippen molar-refractivity contribution in [1.29, 1.82) is 0 Å². The second-order valence-electron chi connectivity index (χ2n) is 9.58. The van der Waals surface area contributed by atoms with E-state index in [1.54, 1.807) is 11.0 Å². The highest BCUT2D eigenvalue weighted by Gasteiger charge is 2.48. The van der Waals surface area contributed by atoms with Crippen LogP contribution in [0.3, 0.4) is 0 Å². The molecule has 2 heterocycles. The van der Waals surface area contributed by atoms with Gasteiger partial charge in [0.05, 0.1) is 15.5 Å².